The minimum absolute atomic E-state index is 0.462. The third kappa shape index (κ3) is 5.68. The second-order valence-electron chi connectivity index (χ2n) is 6.03. The monoisotopic (exact) mass is 246 g/mol. The molecule has 0 spiro atoms. The van der Waals surface area contributed by atoms with Gasteiger partial charge in [0, 0.05) is 0 Å². The average Bonchev–Trinajstić information content (AvgIpc) is 2.13. The number of ether oxygens (including phenoxy) is 2. The number of carbonyl (C=O) groups is 2. The van der Waals surface area contributed by atoms with Crippen molar-refractivity contribution in [1.29, 1.82) is 0 Å². The summed E-state index contributed by atoms with van der Waals surface area (Å²) >= 11 is 0. The summed E-state index contributed by atoms with van der Waals surface area (Å²) in [5.74, 6) is -1.25. The van der Waals surface area contributed by atoms with Gasteiger partial charge in [0.1, 0.15) is 0 Å². The van der Waals surface area contributed by atoms with Crippen molar-refractivity contribution >= 4 is 11.9 Å². The Bertz CT molecular complexity index is 282. The molecule has 0 amide bonds. The van der Waals surface area contributed by atoms with Gasteiger partial charge in [-0.15, -0.1) is 0 Å². The van der Waals surface area contributed by atoms with Gasteiger partial charge in [0.25, 0.3) is 0 Å². The van der Waals surface area contributed by atoms with Gasteiger partial charge in [-0.3, -0.25) is 4.79 Å². The minimum Gasteiger partial charge on any atom is -0.427 e. The summed E-state index contributed by atoms with van der Waals surface area (Å²) in [6, 6.07) is 0. The van der Waals surface area contributed by atoms with Crippen LogP contribution in [0.15, 0.2) is 0 Å². The van der Waals surface area contributed by atoms with E-state index < -0.39 is 35.7 Å². The van der Waals surface area contributed by atoms with Crippen LogP contribution in [0.5, 0.6) is 0 Å². The van der Waals surface area contributed by atoms with Crippen LogP contribution in [0.3, 0.4) is 0 Å². The van der Waals surface area contributed by atoms with Crippen LogP contribution in [0.25, 0.3) is 0 Å². The van der Waals surface area contributed by atoms with Gasteiger partial charge in [-0.1, -0.05) is 20.8 Å². The highest BCUT2D eigenvalue weighted by atomic mass is 16.7. The van der Waals surface area contributed by atoms with Gasteiger partial charge in [0.15, 0.2) is 6.10 Å². The van der Waals surface area contributed by atoms with Crippen molar-refractivity contribution in [2.24, 2.45) is 10.8 Å². The third-order valence-corrected chi connectivity index (χ3v) is 2.05. The van der Waals surface area contributed by atoms with Crippen molar-refractivity contribution in [2.45, 2.75) is 47.6 Å². The summed E-state index contributed by atoms with van der Waals surface area (Å²) in [7, 11) is 0. The van der Waals surface area contributed by atoms with Crippen LogP contribution < -0.4 is 0 Å². The molecule has 0 heterocycles. The molecule has 0 aromatic carbocycles. The molecule has 5 heteroatoms. The average molecular weight is 246 g/mol. The van der Waals surface area contributed by atoms with Gasteiger partial charge in [-0.2, -0.15) is 0 Å². The first kappa shape index (κ1) is 15.9. The second-order valence-corrected chi connectivity index (χ2v) is 6.03. The Kier molecular flexibility index (Phi) is 5.13. The fourth-order valence-electron chi connectivity index (χ4n) is 0.790. The summed E-state index contributed by atoms with van der Waals surface area (Å²) < 4.78 is 9.41. The molecule has 0 aromatic heterocycles. The Balaban J connectivity index is 4.08. The van der Waals surface area contributed by atoms with Crippen LogP contribution >= 0.6 is 0 Å². The van der Waals surface area contributed by atoms with Gasteiger partial charge in [-0.25, -0.2) is 4.79 Å². The Hall–Kier alpha value is -1.10. The number of rotatable bonds is 3. The lowest BCUT2D eigenvalue weighted by atomic mass is 9.89. The van der Waals surface area contributed by atoms with Gasteiger partial charge >= 0.3 is 11.9 Å². The van der Waals surface area contributed by atoms with Crippen molar-refractivity contribution in [3.8, 4) is 0 Å². The number of esters is 2. The predicted molar refractivity (Wildman–Crippen MR) is 62.0 cm³/mol. The van der Waals surface area contributed by atoms with E-state index in [0.29, 0.717) is 0 Å². The van der Waals surface area contributed by atoms with Crippen LogP contribution in [0, 0.1) is 10.8 Å². The first-order chi connectivity index (χ1) is 7.46. The molecule has 0 saturated heterocycles. The molecule has 0 saturated carbocycles. The first-order valence-corrected chi connectivity index (χ1v) is 5.48. The minimum atomic E-state index is -1.24. The molecule has 0 aliphatic heterocycles. The molecule has 1 atom stereocenters. The Morgan fingerprint density at radius 2 is 1.53 bits per heavy atom. The maximum absolute atomic E-state index is 11.4. The zero-order valence-corrected chi connectivity index (χ0v) is 11.4. The van der Waals surface area contributed by atoms with Crippen LogP contribution in [0.2, 0.25) is 0 Å². The standard InChI is InChI=1S/C12H22O5/c1-11(2,3)8(13)9(14)16-7-17-10(15)12(4,5)6/h8,13H,7H2,1-6H3. The fraction of sp³-hybridized carbons (Fsp3) is 0.833. The van der Waals surface area contributed by atoms with E-state index in [4.69, 9.17) is 4.74 Å². The maximum atomic E-state index is 11.4. The number of aliphatic hydroxyl groups excluding tert-OH is 1. The molecule has 0 bridgehead atoms. The SMILES string of the molecule is CC(C)(C)C(=O)OCOC(=O)C(O)C(C)(C)C. The van der Waals surface area contributed by atoms with Crippen LogP contribution in [-0.2, 0) is 19.1 Å². The molecular formula is C12H22O5. The molecule has 0 fully saturated rings. The zero-order valence-electron chi connectivity index (χ0n) is 11.4. The van der Waals surface area contributed by atoms with Gasteiger partial charge in [-0.05, 0) is 26.2 Å². The van der Waals surface area contributed by atoms with Crippen molar-refractivity contribution in [3.63, 3.8) is 0 Å². The van der Waals surface area contributed by atoms with E-state index >= 15 is 0 Å². The first-order valence-electron chi connectivity index (χ1n) is 5.48. The molecular weight excluding hydrogens is 224 g/mol. The molecule has 0 aliphatic rings. The number of hydrogen-bond acceptors (Lipinski definition) is 5. The number of hydrogen-bond donors (Lipinski definition) is 1. The van der Waals surface area contributed by atoms with Gasteiger partial charge in [0.05, 0.1) is 5.41 Å². The largest absolute Gasteiger partial charge is 0.427 e. The van der Waals surface area contributed by atoms with Gasteiger partial charge in [0.2, 0.25) is 6.79 Å². The summed E-state index contributed by atoms with van der Waals surface area (Å²) in [5, 5.41) is 9.56. The van der Waals surface area contributed by atoms with Crippen molar-refractivity contribution in [1.82, 2.24) is 0 Å². The van der Waals surface area contributed by atoms with E-state index in [0.717, 1.165) is 0 Å². The molecule has 1 N–H and O–H groups in total. The zero-order chi connectivity index (χ0) is 13.9. The number of aliphatic hydroxyl groups is 1. The molecule has 5 nitrogen and oxygen atoms in total. The van der Waals surface area contributed by atoms with Crippen LogP contribution in [0.4, 0.5) is 0 Å². The highest BCUT2D eigenvalue weighted by Crippen LogP contribution is 2.20. The molecule has 17 heavy (non-hydrogen) atoms. The fourth-order valence-corrected chi connectivity index (χ4v) is 0.790. The Morgan fingerprint density at radius 1 is 1.06 bits per heavy atom. The van der Waals surface area contributed by atoms with E-state index in [-0.39, 0.29) is 0 Å². The summed E-state index contributed by atoms with van der Waals surface area (Å²) in [4.78, 5) is 22.7. The van der Waals surface area contributed by atoms with E-state index in [9.17, 15) is 14.7 Å². The molecule has 0 rings (SSSR count). The summed E-state index contributed by atoms with van der Waals surface area (Å²) in [6.45, 7) is 9.74. The second kappa shape index (κ2) is 5.49. The van der Waals surface area contributed by atoms with E-state index in [1.54, 1.807) is 41.5 Å². The lowest BCUT2D eigenvalue weighted by Gasteiger charge is -2.24. The lowest BCUT2D eigenvalue weighted by molar-refractivity contribution is -0.181. The quantitative estimate of drug-likeness (QED) is 0.603. The predicted octanol–water partition coefficient (Wildman–Crippen LogP) is 1.48. The number of carbonyl (C=O) groups excluding carboxylic acids is 2. The summed E-state index contributed by atoms with van der Waals surface area (Å²) in [6.07, 6.45) is -1.24. The molecule has 0 aliphatic carbocycles. The molecule has 1 unspecified atom stereocenters. The molecule has 100 valence electrons. The van der Waals surface area contributed by atoms with Crippen LogP contribution in [0.1, 0.15) is 41.5 Å². The topological polar surface area (TPSA) is 72.8 Å². The molecule has 0 aromatic rings. The normalized spacial score (nSPS) is 14.1. The van der Waals surface area contributed by atoms with Crippen molar-refractivity contribution < 1.29 is 24.2 Å². The summed E-state index contributed by atoms with van der Waals surface area (Å²) in [5.41, 5.74) is -1.25. The van der Waals surface area contributed by atoms with E-state index in [1.165, 1.54) is 0 Å². The smallest absolute Gasteiger partial charge is 0.338 e. The highest BCUT2D eigenvalue weighted by Gasteiger charge is 2.31. The molecule has 0 radical (unpaired) electrons. The van der Waals surface area contributed by atoms with E-state index in [1.807, 2.05) is 0 Å². The van der Waals surface area contributed by atoms with Crippen molar-refractivity contribution in [2.75, 3.05) is 6.79 Å². The third-order valence-electron chi connectivity index (χ3n) is 2.05. The van der Waals surface area contributed by atoms with Gasteiger partial charge < -0.3 is 14.6 Å². The Labute approximate surface area is 102 Å². The maximum Gasteiger partial charge on any atom is 0.338 e. The van der Waals surface area contributed by atoms with Crippen LogP contribution in [-0.4, -0.2) is 29.9 Å². The lowest BCUT2D eigenvalue weighted by Crippen LogP contribution is -2.36. The highest BCUT2D eigenvalue weighted by molar-refractivity contribution is 5.76. The van der Waals surface area contributed by atoms with E-state index in [2.05, 4.69) is 4.74 Å². The van der Waals surface area contributed by atoms with Crippen molar-refractivity contribution in [3.05, 3.63) is 0 Å². The Morgan fingerprint density at radius 3 is 1.88 bits per heavy atom.